The molecule has 0 unspecified atom stereocenters. The lowest BCUT2D eigenvalue weighted by Gasteiger charge is -2.18. The number of amides is 1. The summed E-state index contributed by atoms with van der Waals surface area (Å²) in [6.45, 7) is 8.32. The fraction of sp³-hybridized carbons (Fsp3) is 0.238. The van der Waals surface area contributed by atoms with Crippen LogP contribution in [0.15, 0.2) is 48.5 Å². The molecule has 0 saturated carbocycles. The van der Waals surface area contributed by atoms with Gasteiger partial charge in [-0.15, -0.1) is 5.10 Å². The molecule has 0 spiro atoms. The van der Waals surface area contributed by atoms with Gasteiger partial charge in [0.15, 0.2) is 5.82 Å². The first kappa shape index (κ1) is 19.5. The Balaban J connectivity index is 1.80. The number of aryl methyl sites for hydroxylation is 1. The van der Waals surface area contributed by atoms with E-state index < -0.39 is 0 Å². The third-order valence-corrected chi connectivity index (χ3v) is 5.03. The van der Waals surface area contributed by atoms with Crippen molar-refractivity contribution in [2.75, 3.05) is 5.32 Å². The fourth-order valence-corrected chi connectivity index (χ4v) is 3.02. The van der Waals surface area contributed by atoms with Gasteiger partial charge in [0, 0.05) is 17.3 Å². The van der Waals surface area contributed by atoms with Gasteiger partial charge >= 0.3 is 0 Å². The highest BCUT2D eigenvalue weighted by Crippen LogP contribution is 2.26. The van der Waals surface area contributed by atoms with Crippen LogP contribution in [0.25, 0.3) is 5.69 Å². The minimum absolute atomic E-state index is 0.0464. The van der Waals surface area contributed by atoms with Gasteiger partial charge in [-0.3, -0.25) is 4.79 Å². The Hall–Kier alpha value is -2.30. The van der Waals surface area contributed by atoms with E-state index >= 15 is 0 Å². The van der Waals surface area contributed by atoms with Gasteiger partial charge in [-0.25, -0.2) is 4.68 Å². The topological polar surface area (TPSA) is 46.9 Å². The molecule has 0 radical (unpaired) electrons. The molecule has 0 fully saturated rings. The van der Waals surface area contributed by atoms with Crippen LogP contribution in [-0.2, 0) is 5.41 Å². The number of carbonyl (C=O) groups excluding carboxylic acids is 1. The maximum absolute atomic E-state index is 12.5. The number of hydrogen-bond donors (Lipinski definition) is 1. The monoisotopic (exact) mass is 401 g/mol. The van der Waals surface area contributed by atoms with Crippen molar-refractivity contribution in [3.05, 3.63) is 75.4 Å². The van der Waals surface area contributed by atoms with E-state index in [1.54, 1.807) is 16.8 Å². The summed E-state index contributed by atoms with van der Waals surface area (Å²) in [6, 6.07) is 14.7. The summed E-state index contributed by atoms with van der Waals surface area (Å²) in [7, 11) is 0. The van der Waals surface area contributed by atoms with Crippen molar-refractivity contribution >= 4 is 34.9 Å². The molecule has 3 aromatic rings. The van der Waals surface area contributed by atoms with Gasteiger partial charge in [-0.2, -0.15) is 0 Å². The second-order valence-corrected chi connectivity index (χ2v) is 8.28. The Morgan fingerprint density at radius 1 is 1.00 bits per heavy atom. The zero-order valence-corrected chi connectivity index (χ0v) is 17.2. The van der Waals surface area contributed by atoms with Gasteiger partial charge in [0.25, 0.3) is 5.91 Å². The Morgan fingerprint density at radius 2 is 1.67 bits per heavy atom. The SMILES string of the molecule is Cc1cc(NC(=O)c2ccc(C(C)(C)C)cc2)nn1-c1ccc(Cl)c(Cl)c1. The number of carbonyl (C=O) groups is 1. The highest BCUT2D eigenvalue weighted by molar-refractivity contribution is 6.42. The molecular weight excluding hydrogens is 381 g/mol. The van der Waals surface area contributed by atoms with Crippen molar-refractivity contribution in [2.24, 2.45) is 0 Å². The van der Waals surface area contributed by atoms with Crippen LogP contribution in [0.5, 0.6) is 0 Å². The van der Waals surface area contributed by atoms with E-state index in [9.17, 15) is 4.79 Å². The molecule has 27 heavy (non-hydrogen) atoms. The van der Waals surface area contributed by atoms with Crippen LogP contribution in [0.1, 0.15) is 42.4 Å². The first-order valence-corrected chi connectivity index (χ1v) is 9.35. The van der Waals surface area contributed by atoms with Gasteiger partial charge in [-0.1, -0.05) is 56.1 Å². The van der Waals surface area contributed by atoms with E-state index in [-0.39, 0.29) is 11.3 Å². The van der Waals surface area contributed by atoms with Crippen LogP contribution in [0, 0.1) is 6.92 Å². The molecule has 3 rings (SSSR count). The summed E-state index contributed by atoms with van der Waals surface area (Å²) in [5.74, 6) is 0.276. The molecular formula is C21H21Cl2N3O. The molecule has 0 atom stereocenters. The Kier molecular flexibility index (Phi) is 5.31. The van der Waals surface area contributed by atoms with E-state index in [0.29, 0.717) is 21.4 Å². The van der Waals surface area contributed by atoms with E-state index in [1.807, 2.05) is 43.3 Å². The number of benzene rings is 2. The zero-order chi connectivity index (χ0) is 19.8. The number of nitrogens with zero attached hydrogens (tertiary/aromatic N) is 2. The second-order valence-electron chi connectivity index (χ2n) is 7.46. The smallest absolute Gasteiger partial charge is 0.256 e. The average molecular weight is 402 g/mol. The Morgan fingerprint density at radius 3 is 2.26 bits per heavy atom. The molecule has 140 valence electrons. The largest absolute Gasteiger partial charge is 0.305 e. The van der Waals surface area contributed by atoms with Crippen LogP contribution in [0.2, 0.25) is 10.0 Å². The highest BCUT2D eigenvalue weighted by Gasteiger charge is 2.15. The third kappa shape index (κ3) is 4.34. The Labute approximate surface area is 169 Å². The molecule has 1 aromatic heterocycles. The lowest BCUT2D eigenvalue weighted by Crippen LogP contribution is -2.14. The fourth-order valence-electron chi connectivity index (χ4n) is 2.72. The number of anilines is 1. The van der Waals surface area contributed by atoms with Gasteiger partial charge in [0.1, 0.15) is 0 Å². The molecule has 1 amide bonds. The molecule has 2 aromatic carbocycles. The van der Waals surface area contributed by atoms with E-state index in [2.05, 4.69) is 31.2 Å². The van der Waals surface area contributed by atoms with Crippen molar-refractivity contribution in [3.63, 3.8) is 0 Å². The first-order chi connectivity index (χ1) is 12.6. The van der Waals surface area contributed by atoms with Crippen LogP contribution < -0.4 is 5.32 Å². The van der Waals surface area contributed by atoms with Crippen LogP contribution in [0.3, 0.4) is 0 Å². The Bertz CT molecular complexity index is 986. The molecule has 4 nitrogen and oxygen atoms in total. The average Bonchev–Trinajstić information content (AvgIpc) is 2.97. The molecule has 0 aliphatic carbocycles. The molecule has 6 heteroatoms. The quantitative estimate of drug-likeness (QED) is 0.581. The molecule has 0 aliphatic heterocycles. The van der Waals surface area contributed by atoms with Gasteiger partial charge in [0.2, 0.25) is 0 Å². The van der Waals surface area contributed by atoms with E-state index in [1.165, 1.54) is 5.56 Å². The zero-order valence-electron chi connectivity index (χ0n) is 15.7. The maximum Gasteiger partial charge on any atom is 0.256 e. The van der Waals surface area contributed by atoms with E-state index in [4.69, 9.17) is 23.2 Å². The van der Waals surface area contributed by atoms with Gasteiger partial charge in [-0.05, 0) is 48.2 Å². The lowest BCUT2D eigenvalue weighted by molar-refractivity contribution is 0.102. The van der Waals surface area contributed by atoms with E-state index in [0.717, 1.165) is 11.4 Å². The molecule has 1 heterocycles. The van der Waals surface area contributed by atoms with Crippen LogP contribution >= 0.6 is 23.2 Å². The molecule has 0 bridgehead atoms. The predicted molar refractivity (Wildman–Crippen MR) is 111 cm³/mol. The van der Waals surface area contributed by atoms with Gasteiger partial charge in [0.05, 0.1) is 15.7 Å². The lowest BCUT2D eigenvalue weighted by atomic mass is 9.87. The summed E-state index contributed by atoms with van der Waals surface area (Å²) >= 11 is 12.1. The predicted octanol–water partition coefficient (Wildman–Crippen LogP) is 6.04. The molecule has 0 aliphatic rings. The summed E-state index contributed by atoms with van der Waals surface area (Å²) in [4.78, 5) is 12.5. The highest BCUT2D eigenvalue weighted by atomic mass is 35.5. The first-order valence-electron chi connectivity index (χ1n) is 8.59. The van der Waals surface area contributed by atoms with Crippen LogP contribution in [-0.4, -0.2) is 15.7 Å². The minimum Gasteiger partial charge on any atom is -0.305 e. The van der Waals surface area contributed by atoms with Crippen molar-refractivity contribution in [1.82, 2.24) is 9.78 Å². The number of rotatable bonds is 3. The number of halogens is 2. The summed E-state index contributed by atoms with van der Waals surface area (Å²) < 4.78 is 1.71. The van der Waals surface area contributed by atoms with Crippen LogP contribution in [0.4, 0.5) is 5.82 Å². The standard InChI is InChI=1S/C21H21Cl2N3O/c1-13-11-19(25-26(13)16-9-10-17(22)18(23)12-16)24-20(27)14-5-7-15(8-6-14)21(2,3)4/h5-12H,1-4H3,(H,24,25,27). The van der Waals surface area contributed by atoms with Crippen molar-refractivity contribution < 1.29 is 4.79 Å². The van der Waals surface area contributed by atoms with Crippen molar-refractivity contribution in [3.8, 4) is 5.69 Å². The molecule has 0 saturated heterocycles. The van der Waals surface area contributed by atoms with Crippen molar-refractivity contribution in [2.45, 2.75) is 33.1 Å². The molecule has 1 N–H and O–H groups in total. The number of nitrogens with one attached hydrogen (secondary N) is 1. The number of hydrogen-bond acceptors (Lipinski definition) is 2. The third-order valence-electron chi connectivity index (χ3n) is 4.29. The summed E-state index contributed by atoms with van der Waals surface area (Å²) in [5.41, 5.74) is 3.46. The summed E-state index contributed by atoms with van der Waals surface area (Å²) in [6.07, 6.45) is 0. The van der Waals surface area contributed by atoms with Gasteiger partial charge < -0.3 is 5.32 Å². The maximum atomic E-state index is 12.5. The van der Waals surface area contributed by atoms with Crippen molar-refractivity contribution in [1.29, 1.82) is 0 Å². The number of aromatic nitrogens is 2. The minimum atomic E-state index is -0.200. The normalized spacial score (nSPS) is 11.5. The second kappa shape index (κ2) is 7.37. The summed E-state index contributed by atoms with van der Waals surface area (Å²) in [5, 5.41) is 8.24.